The van der Waals surface area contributed by atoms with Crippen molar-refractivity contribution in [3.8, 4) is 34.5 Å². The molecule has 7 rings (SSSR count). The topological polar surface area (TPSA) is 84.5 Å². The number of nitrogens with one attached hydrogen (secondary N) is 1. The van der Waals surface area contributed by atoms with Crippen LogP contribution in [0.4, 0.5) is 0 Å². The molecule has 0 aromatic heterocycles. The zero-order valence-electron chi connectivity index (χ0n) is 18.3. The van der Waals surface area contributed by atoms with Gasteiger partial charge in [-0.3, -0.25) is 4.79 Å². The molecule has 0 saturated carbocycles. The lowest BCUT2D eigenvalue weighted by Gasteiger charge is -2.25. The number of amides is 1. The van der Waals surface area contributed by atoms with Gasteiger partial charge >= 0.3 is 0 Å². The van der Waals surface area contributed by atoms with Gasteiger partial charge in [-0.15, -0.1) is 0 Å². The van der Waals surface area contributed by atoms with Crippen molar-refractivity contribution in [2.75, 3.05) is 27.4 Å². The van der Waals surface area contributed by atoms with Gasteiger partial charge in [0.2, 0.25) is 26.3 Å². The molecule has 34 heavy (non-hydrogen) atoms. The third-order valence-electron chi connectivity index (χ3n) is 7.03. The molecule has 0 bridgehead atoms. The number of hydrogen-bond acceptors (Lipinski definition) is 7. The van der Waals surface area contributed by atoms with E-state index in [4.69, 9.17) is 28.4 Å². The Morgan fingerprint density at radius 1 is 0.647 bits per heavy atom. The predicted octanol–water partition coefficient (Wildman–Crippen LogP) is 3.51. The molecule has 1 N–H and O–H groups in total. The Kier molecular flexibility index (Phi) is 4.12. The minimum Gasteiger partial charge on any atom is -0.454 e. The summed E-state index contributed by atoms with van der Waals surface area (Å²) in [6, 6.07) is 15.8. The second-order valence-electron chi connectivity index (χ2n) is 8.66. The SMILES string of the molecule is CNC(=O)C1C(c2ccc3c(c2)OCO3)c2cc3c(cc2C1c1ccc2c(c1)OCO2)OCO3. The van der Waals surface area contributed by atoms with E-state index in [2.05, 4.69) is 5.32 Å². The Hall–Kier alpha value is -4.07. The number of ether oxygens (including phenoxy) is 6. The zero-order valence-corrected chi connectivity index (χ0v) is 18.3. The van der Waals surface area contributed by atoms with Crippen molar-refractivity contribution in [3.05, 3.63) is 70.8 Å². The Balaban J connectivity index is 1.44. The average Bonchev–Trinajstić information content (AvgIpc) is 3.65. The summed E-state index contributed by atoms with van der Waals surface area (Å²) < 4.78 is 33.7. The normalized spacial score (nSPS) is 22.6. The summed E-state index contributed by atoms with van der Waals surface area (Å²) in [4.78, 5) is 13.5. The van der Waals surface area contributed by atoms with Crippen molar-refractivity contribution in [2.45, 2.75) is 11.8 Å². The van der Waals surface area contributed by atoms with Crippen LogP contribution in [0.25, 0.3) is 0 Å². The van der Waals surface area contributed by atoms with Crippen LogP contribution in [0.1, 0.15) is 34.1 Å². The van der Waals surface area contributed by atoms with E-state index in [1.54, 1.807) is 7.05 Å². The fourth-order valence-electron chi connectivity index (χ4n) is 5.55. The largest absolute Gasteiger partial charge is 0.454 e. The molecule has 8 heteroatoms. The van der Waals surface area contributed by atoms with Gasteiger partial charge in [0.15, 0.2) is 34.5 Å². The number of benzene rings is 3. The number of fused-ring (bicyclic) bond motifs is 4. The maximum Gasteiger partial charge on any atom is 0.231 e. The van der Waals surface area contributed by atoms with Crippen LogP contribution >= 0.6 is 0 Å². The molecule has 3 aromatic rings. The minimum atomic E-state index is -0.414. The molecule has 8 nitrogen and oxygen atoms in total. The first-order chi connectivity index (χ1) is 16.7. The highest BCUT2D eigenvalue weighted by atomic mass is 16.7. The van der Waals surface area contributed by atoms with Crippen LogP contribution in [0.2, 0.25) is 0 Å². The second kappa shape index (κ2) is 7.21. The second-order valence-corrected chi connectivity index (χ2v) is 8.66. The minimum absolute atomic E-state index is 0.0523. The lowest BCUT2D eigenvalue weighted by molar-refractivity contribution is -0.125. The Morgan fingerprint density at radius 2 is 1.06 bits per heavy atom. The third-order valence-corrected chi connectivity index (χ3v) is 7.03. The molecule has 4 aliphatic rings. The molecule has 3 aromatic carbocycles. The molecule has 1 amide bonds. The maximum atomic E-state index is 13.5. The molecule has 0 fully saturated rings. The Labute approximate surface area is 195 Å². The van der Waals surface area contributed by atoms with Crippen molar-refractivity contribution in [1.29, 1.82) is 0 Å². The summed E-state index contributed by atoms with van der Waals surface area (Å²) in [6.07, 6.45) is 0. The highest BCUT2D eigenvalue weighted by molar-refractivity contribution is 5.84. The maximum absolute atomic E-state index is 13.5. The van der Waals surface area contributed by atoms with Gasteiger partial charge in [-0.1, -0.05) is 12.1 Å². The van der Waals surface area contributed by atoms with E-state index in [-0.39, 0.29) is 38.1 Å². The van der Waals surface area contributed by atoms with Gasteiger partial charge in [0.25, 0.3) is 0 Å². The van der Waals surface area contributed by atoms with Crippen molar-refractivity contribution >= 4 is 5.91 Å². The predicted molar refractivity (Wildman–Crippen MR) is 119 cm³/mol. The van der Waals surface area contributed by atoms with Gasteiger partial charge in [-0.05, 0) is 58.7 Å². The molecule has 3 heterocycles. The molecule has 1 aliphatic carbocycles. The van der Waals surface area contributed by atoms with Crippen LogP contribution in [0.3, 0.4) is 0 Å². The summed E-state index contributed by atoms with van der Waals surface area (Å²) in [5.74, 6) is 3.23. The van der Waals surface area contributed by atoms with E-state index >= 15 is 0 Å². The molecule has 2 atom stereocenters. The molecule has 172 valence electrons. The number of carbonyl (C=O) groups is 1. The van der Waals surface area contributed by atoms with E-state index in [9.17, 15) is 4.79 Å². The Bertz CT molecular complexity index is 1240. The quantitative estimate of drug-likeness (QED) is 0.642. The first-order valence-corrected chi connectivity index (χ1v) is 11.2. The van der Waals surface area contributed by atoms with Crippen molar-refractivity contribution < 1.29 is 33.2 Å². The number of rotatable bonds is 3. The summed E-state index contributed by atoms with van der Waals surface area (Å²) >= 11 is 0. The van der Waals surface area contributed by atoms with E-state index in [1.807, 2.05) is 48.5 Å². The van der Waals surface area contributed by atoms with Gasteiger partial charge in [-0.25, -0.2) is 0 Å². The smallest absolute Gasteiger partial charge is 0.231 e. The van der Waals surface area contributed by atoms with Crippen LogP contribution in [-0.4, -0.2) is 33.3 Å². The number of carbonyl (C=O) groups excluding carboxylic acids is 1. The van der Waals surface area contributed by atoms with E-state index in [0.717, 1.165) is 22.3 Å². The van der Waals surface area contributed by atoms with Gasteiger partial charge in [0, 0.05) is 18.9 Å². The van der Waals surface area contributed by atoms with Gasteiger partial charge in [0.05, 0.1) is 5.92 Å². The van der Waals surface area contributed by atoms with Gasteiger partial charge in [-0.2, -0.15) is 0 Å². The zero-order chi connectivity index (χ0) is 22.8. The van der Waals surface area contributed by atoms with Crippen molar-refractivity contribution in [3.63, 3.8) is 0 Å². The monoisotopic (exact) mass is 459 g/mol. The van der Waals surface area contributed by atoms with Crippen LogP contribution in [0.15, 0.2) is 48.5 Å². The average molecular weight is 459 g/mol. The standard InChI is InChI=1S/C26H21NO7/c1-27-26(28)25-23(13-2-4-17-19(6-13)31-10-29-17)15-8-21-22(34-12-33-21)9-16(15)24(25)14-3-5-18-20(7-14)32-11-30-18/h2-9,23-25H,10-12H2,1H3,(H,27,28). The molecule has 0 spiro atoms. The van der Waals surface area contributed by atoms with Crippen LogP contribution in [0, 0.1) is 5.92 Å². The summed E-state index contributed by atoms with van der Waals surface area (Å²) in [7, 11) is 1.67. The molecule has 2 unspecified atom stereocenters. The molecule has 0 radical (unpaired) electrons. The fraction of sp³-hybridized carbons (Fsp3) is 0.269. The van der Waals surface area contributed by atoms with E-state index in [0.29, 0.717) is 34.5 Å². The van der Waals surface area contributed by atoms with E-state index < -0.39 is 5.92 Å². The highest BCUT2D eigenvalue weighted by Crippen LogP contribution is 2.57. The first-order valence-electron chi connectivity index (χ1n) is 11.2. The Morgan fingerprint density at radius 3 is 1.50 bits per heavy atom. The lowest BCUT2D eigenvalue weighted by atomic mass is 9.79. The van der Waals surface area contributed by atoms with Crippen LogP contribution in [0.5, 0.6) is 34.5 Å². The molecule has 3 aliphatic heterocycles. The summed E-state index contributed by atoms with van der Waals surface area (Å²) in [5, 5.41) is 2.89. The van der Waals surface area contributed by atoms with Crippen molar-refractivity contribution in [2.24, 2.45) is 5.92 Å². The van der Waals surface area contributed by atoms with E-state index in [1.165, 1.54) is 0 Å². The van der Waals surface area contributed by atoms with Crippen LogP contribution < -0.4 is 33.7 Å². The van der Waals surface area contributed by atoms with Crippen LogP contribution in [-0.2, 0) is 4.79 Å². The van der Waals surface area contributed by atoms with Gasteiger partial charge in [0.1, 0.15) is 0 Å². The number of hydrogen-bond donors (Lipinski definition) is 1. The molecule has 0 saturated heterocycles. The molecular formula is C26H21NO7. The fourth-order valence-corrected chi connectivity index (χ4v) is 5.55. The van der Waals surface area contributed by atoms with Crippen molar-refractivity contribution in [1.82, 2.24) is 5.32 Å². The summed E-state index contributed by atoms with van der Waals surface area (Å²) in [5.41, 5.74) is 4.00. The first kappa shape index (κ1) is 19.4. The summed E-state index contributed by atoms with van der Waals surface area (Å²) in [6.45, 7) is 0.565. The lowest BCUT2D eigenvalue weighted by Crippen LogP contribution is -2.33. The highest BCUT2D eigenvalue weighted by Gasteiger charge is 2.47. The van der Waals surface area contributed by atoms with Gasteiger partial charge < -0.3 is 33.7 Å². The molecular weight excluding hydrogens is 438 g/mol. The third kappa shape index (κ3) is 2.74.